The average Bonchev–Trinajstić information content (AvgIpc) is 3.43. The zero-order valence-corrected chi connectivity index (χ0v) is 16.6. The lowest BCUT2D eigenvalue weighted by Gasteiger charge is -2.27. The van der Waals surface area contributed by atoms with Crippen molar-refractivity contribution in [3.8, 4) is 22.6 Å². The average molecular weight is 414 g/mol. The summed E-state index contributed by atoms with van der Waals surface area (Å²) in [6.45, 7) is 1.99. The van der Waals surface area contributed by atoms with E-state index in [9.17, 15) is 4.39 Å². The molecule has 0 spiro atoms. The van der Waals surface area contributed by atoms with Crippen LogP contribution in [0.15, 0.2) is 43.0 Å². The second kappa shape index (κ2) is 7.12. The number of pyridine rings is 3. The van der Waals surface area contributed by atoms with Crippen LogP contribution in [0.4, 0.5) is 10.2 Å². The van der Waals surface area contributed by atoms with E-state index in [-0.39, 0.29) is 5.82 Å². The molecule has 6 heterocycles. The summed E-state index contributed by atoms with van der Waals surface area (Å²) < 4.78 is 13.6. The summed E-state index contributed by atoms with van der Waals surface area (Å²) >= 11 is 0. The summed E-state index contributed by atoms with van der Waals surface area (Å²) in [4.78, 5) is 23.5. The van der Waals surface area contributed by atoms with Gasteiger partial charge in [0.2, 0.25) is 0 Å². The predicted octanol–water partition coefficient (Wildman–Crippen LogP) is 4.09. The van der Waals surface area contributed by atoms with E-state index in [4.69, 9.17) is 4.98 Å². The first-order chi connectivity index (χ1) is 15.3. The van der Waals surface area contributed by atoms with E-state index in [1.807, 2.05) is 18.3 Å². The van der Waals surface area contributed by atoms with Crippen LogP contribution in [0.25, 0.3) is 44.7 Å². The maximum Gasteiger partial charge on any atom is 0.159 e. The Morgan fingerprint density at radius 3 is 2.71 bits per heavy atom. The summed E-state index contributed by atoms with van der Waals surface area (Å²) in [5.41, 5.74) is 4.47. The molecule has 0 amide bonds. The lowest BCUT2D eigenvalue weighted by molar-refractivity contribution is 0.574. The van der Waals surface area contributed by atoms with Crippen LogP contribution >= 0.6 is 0 Å². The zero-order valence-electron chi connectivity index (χ0n) is 16.6. The number of nitrogens with zero attached hydrogens (tertiary/aromatic N) is 6. The van der Waals surface area contributed by atoms with E-state index >= 15 is 0 Å². The Labute approximate surface area is 176 Å². The molecule has 5 aromatic rings. The molecule has 31 heavy (non-hydrogen) atoms. The second-order valence-corrected chi connectivity index (χ2v) is 7.75. The Morgan fingerprint density at radius 2 is 1.84 bits per heavy atom. The molecular weight excluding hydrogens is 395 g/mol. The molecule has 2 N–H and O–H groups in total. The van der Waals surface area contributed by atoms with Crippen LogP contribution in [0.2, 0.25) is 0 Å². The maximum atomic E-state index is 13.6. The van der Waals surface area contributed by atoms with Crippen LogP contribution in [0, 0.1) is 5.82 Å². The number of halogens is 1. The van der Waals surface area contributed by atoms with Crippen molar-refractivity contribution in [1.82, 2.24) is 35.1 Å². The summed E-state index contributed by atoms with van der Waals surface area (Å²) in [5, 5.41) is 8.21. The number of aromatic amines is 2. The zero-order chi connectivity index (χ0) is 20.8. The van der Waals surface area contributed by atoms with Gasteiger partial charge in [0.25, 0.3) is 0 Å². The van der Waals surface area contributed by atoms with E-state index in [0.29, 0.717) is 22.7 Å². The molecule has 154 valence electrons. The van der Waals surface area contributed by atoms with Crippen molar-refractivity contribution >= 4 is 27.9 Å². The van der Waals surface area contributed by atoms with Gasteiger partial charge in [0.15, 0.2) is 17.3 Å². The number of aromatic nitrogens is 7. The third-order valence-corrected chi connectivity index (χ3v) is 5.72. The minimum Gasteiger partial charge on any atom is -0.355 e. The maximum absolute atomic E-state index is 13.6. The Morgan fingerprint density at radius 1 is 0.968 bits per heavy atom. The Bertz CT molecular complexity index is 1400. The minimum absolute atomic E-state index is 0.389. The van der Waals surface area contributed by atoms with Crippen molar-refractivity contribution in [2.75, 3.05) is 18.0 Å². The first-order valence-electron chi connectivity index (χ1n) is 10.3. The van der Waals surface area contributed by atoms with Gasteiger partial charge in [0.1, 0.15) is 17.0 Å². The number of anilines is 1. The van der Waals surface area contributed by atoms with Crippen molar-refractivity contribution in [3.63, 3.8) is 0 Å². The standard InChI is InChI=1S/C22H19FN8/c23-15-8-13(10-24-12-15)14-9-16-18(29-30-20(16)26-11-14)21-27-17-4-5-25-22(19(17)28-21)31-6-2-1-3-7-31/h4-5,8-12H,1-3,6-7H2,(H,27,28)(H,26,29,30). The van der Waals surface area contributed by atoms with Crippen molar-refractivity contribution in [3.05, 3.63) is 48.8 Å². The van der Waals surface area contributed by atoms with Crippen LogP contribution in [0.5, 0.6) is 0 Å². The number of piperidine rings is 1. The van der Waals surface area contributed by atoms with Crippen LogP contribution in [0.1, 0.15) is 19.3 Å². The fourth-order valence-corrected chi connectivity index (χ4v) is 4.18. The SMILES string of the molecule is Fc1cncc(-c2cnc3[nH]nc(-c4nc5c(N6CCCCC6)nccc5[nH]4)c3c2)c1. The van der Waals surface area contributed by atoms with Gasteiger partial charge in [-0.1, -0.05) is 0 Å². The largest absolute Gasteiger partial charge is 0.355 e. The number of hydrogen-bond acceptors (Lipinski definition) is 6. The highest BCUT2D eigenvalue weighted by molar-refractivity contribution is 5.95. The number of fused-ring (bicyclic) bond motifs is 2. The number of nitrogens with one attached hydrogen (secondary N) is 2. The topological polar surface area (TPSA) is 99.3 Å². The van der Waals surface area contributed by atoms with Gasteiger partial charge < -0.3 is 9.88 Å². The highest BCUT2D eigenvalue weighted by Crippen LogP contribution is 2.31. The molecule has 1 aliphatic heterocycles. The monoisotopic (exact) mass is 414 g/mol. The van der Waals surface area contributed by atoms with Crippen LogP contribution in [-0.4, -0.2) is 48.2 Å². The quantitative estimate of drug-likeness (QED) is 0.461. The highest BCUT2D eigenvalue weighted by Gasteiger charge is 2.20. The third-order valence-electron chi connectivity index (χ3n) is 5.72. The Balaban J connectivity index is 1.46. The van der Waals surface area contributed by atoms with Gasteiger partial charge in [-0.25, -0.2) is 19.3 Å². The molecule has 0 aromatic carbocycles. The predicted molar refractivity (Wildman–Crippen MR) is 116 cm³/mol. The number of hydrogen-bond donors (Lipinski definition) is 2. The normalized spacial score (nSPS) is 14.5. The fourth-order valence-electron chi connectivity index (χ4n) is 4.18. The highest BCUT2D eigenvalue weighted by atomic mass is 19.1. The molecule has 0 aliphatic carbocycles. The van der Waals surface area contributed by atoms with E-state index in [1.165, 1.54) is 31.5 Å². The van der Waals surface area contributed by atoms with Gasteiger partial charge in [-0.05, 0) is 37.5 Å². The fraction of sp³-hybridized carbons (Fsp3) is 0.227. The minimum atomic E-state index is -0.389. The molecule has 1 aliphatic rings. The molecule has 1 saturated heterocycles. The molecule has 1 fully saturated rings. The Hall–Kier alpha value is -3.88. The molecule has 0 atom stereocenters. The van der Waals surface area contributed by atoms with Gasteiger partial charge in [0, 0.05) is 42.8 Å². The second-order valence-electron chi connectivity index (χ2n) is 7.75. The summed E-state index contributed by atoms with van der Waals surface area (Å²) in [6, 6.07) is 5.29. The molecule has 0 unspecified atom stereocenters. The van der Waals surface area contributed by atoms with Crippen molar-refractivity contribution in [2.24, 2.45) is 0 Å². The van der Waals surface area contributed by atoms with E-state index < -0.39 is 0 Å². The van der Waals surface area contributed by atoms with Gasteiger partial charge in [0.05, 0.1) is 17.1 Å². The first-order valence-corrected chi connectivity index (χ1v) is 10.3. The van der Waals surface area contributed by atoms with Gasteiger partial charge >= 0.3 is 0 Å². The molecule has 9 heteroatoms. The summed E-state index contributed by atoms with van der Waals surface area (Å²) in [6.07, 6.45) is 9.88. The molecule has 8 nitrogen and oxygen atoms in total. The lowest BCUT2D eigenvalue weighted by atomic mass is 10.1. The van der Waals surface area contributed by atoms with Crippen molar-refractivity contribution in [2.45, 2.75) is 19.3 Å². The molecule has 5 aromatic heterocycles. The number of rotatable bonds is 3. The van der Waals surface area contributed by atoms with Gasteiger partial charge in [-0.3, -0.25) is 10.1 Å². The van der Waals surface area contributed by atoms with Crippen LogP contribution < -0.4 is 4.90 Å². The summed E-state index contributed by atoms with van der Waals surface area (Å²) in [5.74, 6) is 1.16. The van der Waals surface area contributed by atoms with E-state index in [1.54, 1.807) is 12.4 Å². The number of H-pyrrole nitrogens is 2. The smallest absolute Gasteiger partial charge is 0.159 e. The summed E-state index contributed by atoms with van der Waals surface area (Å²) in [7, 11) is 0. The molecular formula is C22H19FN8. The molecule has 0 saturated carbocycles. The Kier molecular flexibility index (Phi) is 4.12. The van der Waals surface area contributed by atoms with Crippen molar-refractivity contribution in [1.29, 1.82) is 0 Å². The van der Waals surface area contributed by atoms with Gasteiger partial charge in [-0.2, -0.15) is 5.10 Å². The van der Waals surface area contributed by atoms with Crippen LogP contribution in [0.3, 0.4) is 0 Å². The first kappa shape index (κ1) is 17.9. The van der Waals surface area contributed by atoms with E-state index in [2.05, 4.69) is 35.0 Å². The van der Waals surface area contributed by atoms with Crippen molar-refractivity contribution < 1.29 is 4.39 Å². The lowest BCUT2D eigenvalue weighted by Crippen LogP contribution is -2.30. The molecule has 0 radical (unpaired) electrons. The van der Waals surface area contributed by atoms with Crippen LogP contribution in [-0.2, 0) is 0 Å². The van der Waals surface area contributed by atoms with Gasteiger partial charge in [-0.15, -0.1) is 0 Å². The molecule has 0 bridgehead atoms. The third kappa shape index (κ3) is 3.09. The van der Waals surface area contributed by atoms with E-state index in [0.717, 1.165) is 40.9 Å². The number of imidazole rings is 1. The molecule has 6 rings (SSSR count).